The molecule has 0 saturated carbocycles. The largest absolute Gasteiger partial charge is 0.352 e. The van der Waals surface area contributed by atoms with E-state index in [0.717, 1.165) is 42.9 Å². The molecule has 2 N–H and O–H groups in total. The Morgan fingerprint density at radius 1 is 1.17 bits per heavy atom. The molecule has 0 aliphatic carbocycles. The number of benzene rings is 1. The van der Waals surface area contributed by atoms with Gasteiger partial charge in [0.2, 0.25) is 11.8 Å². The molecule has 8 nitrogen and oxygen atoms in total. The van der Waals surface area contributed by atoms with Gasteiger partial charge in [-0.3, -0.25) is 9.59 Å². The van der Waals surface area contributed by atoms with Crippen LogP contribution in [0, 0.1) is 0 Å². The second-order valence-electron chi connectivity index (χ2n) is 10.3. The van der Waals surface area contributed by atoms with E-state index in [4.69, 9.17) is 11.6 Å². The molecule has 35 heavy (non-hydrogen) atoms. The van der Waals surface area contributed by atoms with Crippen molar-refractivity contribution in [1.29, 1.82) is 0 Å². The average molecular weight is 497 g/mol. The third-order valence-corrected chi connectivity index (χ3v) is 7.69. The van der Waals surface area contributed by atoms with Crippen molar-refractivity contribution in [2.24, 2.45) is 0 Å². The van der Waals surface area contributed by atoms with Crippen LogP contribution in [0.15, 0.2) is 30.6 Å². The number of amides is 2. The number of hydrogen-bond acceptors (Lipinski definition) is 6. The summed E-state index contributed by atoms with van der Waals surface area (Å²) in [4.78, 5) is 39.4. The zero-order chi connectivity index (χ0) is 24.7. The maximum atomic E-state index is 14.0. The van der Waals surface area contributed by atoms with Crippen molar-refractivity contribution in [3.63, 3.8) is 0 Å². The number of aromatic nitrogens is 2. The van der Waals surface area contributed by atoms with Gasteiger partial charge in [0.1, 0.15) is 18.0 Å². The van der Waals surface area contributed by atoms with Gasteiger partial charge in [0.15, 0.2) is 0 Å². The number of carbonyl (C=O) groups excluding carboxylic acids is 2. The van der Waals surface area contributed by atoms with Crippen LogP contribution in [-0.2, 0) is 9.59 Å². The summed E-state index contributed by atoms with van der Waals surface area (Å²) in [7, 11) is 0. The van der Waals surface area contributed by atoms with Crippen molar-refractivity contribution in [1.82, 2.24) is 20.2 Å². The summed E-state index contributed by atoms with van der Waals surface area (Å²) in [6, 6.07) is 8.21. The number of piperazine rings is 1. The number of carbonyl (C=O) groups is 2. The molecule has 1 aromatic carbocycles. The minimum absolute atomic E-state index is 0.00613. The maximum Gasteiger partial charge on any atom is 0.232 e. The zero-order valence-corrected chi connectivity index (χ0v) is 21.3. The van der Waals surface area contributed by atoms with Crippen molar-refractivity contribution in [2.45, 2.75) is 70.0 Å². The molecule has 2 saturated heterocycles. The van der Waals surface area contributed by atoms with Crippen molar-refractivity contribution < 1.29 is 9.59 Å². The molecule has 2 unspecified atom stereocenters. The minimum Gasteiger partial charge on any atom is -0.352 e. The summed E-state index contributed by atoms with van der Waals surface area (Å²) in [6.07, 6.45) is 3.93. The zero-order valence-electron chi connectivity index (χ0n) is 20.5. The Morgan fingerprint density at radius 2 is 1.86 bits per heavy atom. The number of rotatable bonds is 6. The van der Waals surface area contributed by atoms with Crippen LogP contribution in [0.4, 0.5) is 11.6 Å². The van der Waals surface area contributed by atoms with Gasteiger partial charge in [-0.25, -0.2) is 9.97 Å². The van der Waals surface area contributed by atoms with E-state index in [0.29, 0.717) is 23.8 Å². The van der Waals surface area contributed by atoms with Crippen molar-refractivity contribution in [3.05, 3.63) is 46.7 Å². The standard InChI is InChI=1S/C26H33ClN6O2/c1-15(2)28-11-21(17-4-6-18(27)7-5-17)26(35)33-19-8-9-20(33)13-32(12-19)25-23-16(3)10-22(34)31-24(23)29-14-30-25/h4-7,14-16,19-21,28H,8-13H2,1-3H3,(H,29,30,31,34)/t16-,19?,20?,21-/m1/s1. The summed E-state index contributed by atoms with van der Waals surface area (Å²) in [5.41, 5.74) is 2.00. The molecule has 186 valence electrons. The van der Waals surface area contributed by atoms with Crippen LogP contribution in [0.5, 0.6) is 0 Å². The van der Waals surface area contributed by atoms with Gasteiger partial charge in [-0.2, -0.15) is 0 Å². The average Bonchev–Trinajstić information content (AvgIpc) is 3.08. The van der Waals surface area contributed by atoms with Gasteiger partial charge in [0.25, 0.3) is 0 Å². The molecular weight excluding hydrogens is 464 g/mol. The van der Waals surface area contributed by atoms with E-state index >= 15 is 0 Å². The lowest BCUT2D eigenvalue weighted by atomic mass is 9.93. The summed E-state index contributed by atoms with van der Waals surface area (Å²) in [5, 5.41) is 7.03. The SMILES string of the molecule is CC(C)NC[C@@H](C(=O)N1C2CCC1CN(c1ncnc3c1[C@H](C)CC(=O)N3)C2)c1ccc(Cl)cc1. The molecule has 1 aromatic heterocycles. The Kier molecular flexibility index (Phi) is 6.68. The monoisotopic (exact) mass is 496 g/mol. The van der Waals surface area contributed by atoms with Gasteiger partial charge in [0, 0.05) is 54.8 Å². The van der Waals surface area contributed by atoms with E-state index in [-0.39, 0.29) is 41.8 Å². The Bertz CT molecular complexity index is 1090. The molecule has 5 rings (SSSR count). The molecule has 2 bridgehead atoms. The maximum absolute atomic E-state index is 14.0. The fourth-order valence-corrected chi connectivity index (χ4v) is 5.89. The van der Waals surface area contributed by atoms with Gasteiger partial charge in [-0.15, -0.1) is 0 Å². The Hall–Kier alpha value is -2.71. The van der Waals surface area contributed by atoms with Crippen LogP contribution in [0.3, 0.4) is 0 Å². The molecule has 2 fully saturated rings. The smallest absolute Gasteiger partial charge is 0.232 e. The predicted octanol–water partition coefficient (Wildman–Crippen LogP) is 3.54. The molecule has 2 aromatic rings. The molecule has 0 radical (unpaired) electrons. The number of fused-ring (bicyclic) bond motifs is 3. The highest BCUT2D eigenvalue weighted by Gasteiger charge is 2.45. The van der Waals surface area contributed by atoms with Gasteiger partial charge in [-0.05, 0) is 36.5 Å². The fraction of sp³-hybridized carbons (Fsp3) is 0.538. The Labute approximate surface area is 211 Å². The van der Waals surface area contributed by atoms with E-state index in [2.05, 4.69) is 51.2 Å². The van der Waals surface area contributed by atoms with Crippen LogP contribution in [0.2, 0.25) is 5.02 Å². The summed E-state index contributed by atoms with van der Waals surface area (Å²) in [5.74, 6) is 1.48. The predicted molar refractivity (Wildman–Crippen MR) is 137 cm³/mol. The fourth-order valence-electron chi connectivity index (χ4n) is 5.77. The lowest BCUT2D eigenvalue weighted by Crippen LogP contribution is -2.58. The minimum atomic E-state index is -0.258. The summed E-state index contributed by atoms with van der Waals surface area (Å²) >= 11 is 6.12. The van der Waals surface area contributed by atoms with Crippen molar-refractivity contribution in [3.8, 4) is 0 Å². The van der Waals surface area contributed by atoms with Crippen LogP contribution < -0.4 is 15.5 Å². The van der Waals surface area contributed by atoms with E-state index in [1.54, 1.807) is 0 Å². The van der Waals surface area contributed by atoms with E-state index in [9.17, 15) is 9.59 Å². The second-order valence-corrected chi connectivity index (χ2v) is 10.8. The highest BCUT2D eigenvalue weighted by atomic mass is 35.5. The van der Waals surface area contributed by atoms with Crippen LogP contribution >= 0.6 is 11.6 Å². The van der Waals surface area contributed by atoms with E-state index in [1.165, 1.54) is 6.33 Å². The van der Waals surface area contributed by atoms with Crippen LogP contribution in [0.1, 0.15) is 63.0 Å². The molecular formula is C26H33ClN6O2. The first-order valence-corrected chi connectivity index (χ1v) is 12.9. The first-order chi connectivity index (χ1) is 16.8. The van der Waals surface area contributed by atoms with Gasteiger partial charge in [-0.1, -0.05) is 44.5 Å². The normalized spacial score (nSPS) is 24.4. The summed E-state index contributed by atoms with van der Waals surface area (Å²) < 4.78 is 0. The first kappa shape index (κ1) is 24.0. The number of hydrogen-bond donors (Lipinski definition) is 2. The molecule has 3 aliphatic rings. The highest BCUT2D eigenvalue weighted by molar-refractivity contribution is 6.30. The first-order valence-electron chi connectivity index (χ1n) is 12.5. The molecule has 9 heteroatoms. The number of anilines is 2. The van der Waals surface area contributed by atoms with Crippen LogP contribution in [-0.4, -0.2) is 64.4 Å². The highest BCUT2D eigenvalue weighted by Crippen LogP contribution is 2.40. The van der Waals surface area contributed by atoms with Crippen molar-refractivity contribution >= 4 is 35.1 Å². The third kappa shape index (κ3) is 4.74. The third-order valence-electron chi connectivity index (χ3n) is 7.44. The second kappa shape index (κ2) is 9.74. The topological polar surface area (TPSA) is 90.5 Å². The van der Waals surface area contributed by atoms with Gasteiger partial charge in [0.05, 0.1) is 5.92 Å². The quantitative estimate of drug-likeness (QED) is 0.635. The molecule has 2 amide bonds. The van der Waals surface area contributed by atoms with E-state index < -0.39 is 0 Å². The lowest BCUT2D eigenvalue weighted by molar-refractivity contribution is -0.136. The Balaban J connectivity index is 1.39. The lowest BCUT2D eigenvalue weighted by Gasteiger charge is -2.44. The molecule has 0 spiro atoms. The molecule has 4 heterocycles. The van der Waals surface area contributed by atoms with E-state index in [1.807, 2.05) is 24.3 Å². The molecule has 4 atom stereocenters. The van der Waals surface area contributed by atoms with Gasteiger partial charge < -0.3 is 20.4 Å². The number of nitrogens with one attached hydrogen (secondary N) is 2. The van der Waals surface area contributed by atoms with Crippen LogP contribution in [0.25, 0.3) is 0 Å². The summed E-state index contributed by atoms with van der Waals surface area (Å²) in [6.45, 7) is 8.30. The molecule has 3 aliphatic heterocycles. The van der Waals surface area contributed by atoms with Crippen molar-refractivity contribution in [2.75, 3.05) is 29.9 Å². The van der Waals surface area contributed by atoms with Gasteiger partial charge >= 0.3 is 0 Å². The number of nitrogens with zero attached hydrogens (tertiary/aromatic N) is 4. The number of halogens is 1. The Morgan fingerprint density at radius 3 is 2.51 bits per heavy atom.